The molecular formula is C20H25NO7. The number of hydrogen-bond donors (Lipinski definition) is 3. The number of carbonyl (C=O) groups excluding carboxylic acids is 1. The van der Waals surface area contributed by atoms with E-state index < -0.39 is 36.5 Å². The Labute approximate surface area is 162 Å². The van der Waals surface area contributed by atoms with E-state index in [1.54, 1.807) is 20.0 Å². The zero-order valence-corrected chi connectivity index (χ0v) is 15.8. The van der Waals surface area contributed by atoms with Gasteiger partial charge in [-0.1, -0.05) is 18.2 Å². The summed E-state index contributed by atoms with van der Waals surface area (Å²) in [7, 11) is 0. The van der Waals surface area contributed by atoms with E-state index in [2.05, 4.69) is 4.98 Å². The van der Waals surface area contributed by atoms with Crippen LogP contribution in [0.2, 0.25) is 0 Å². The number of benzene rings is 1. The number of aliphatic carboxylic acids is 1. The van der Waals surface area contributed by atoms with Crippen LogP contribution in [-0.4, -0.2) is 57.8 Å². The summed E-state index contributed by atoms with van der Waals surface area (Å²) in [6.45, 7) is 3.48. The maximum Gasteiger partial charge on any atom is 0.340 e. The van der Waals surface area contributed by atoms with Gasteiger partial charge in [0.05, 0.1) is 17.8 Å². The van der Waals surface area contributed by atoms with Gasteiger partial charge in [0.2, 0.25) is 0 Å². The molecule has 5 atom stereocenters. The summed E-state index contributed by atoms with van der Waals surface area (Å²) < 4.78 is 16.9. The number of fused-ring (bicyclic) bond motifs is 1. The lowest BCUT2D eigenvalue weighted by atomic mass is 10.0. The maximum absolute atomic E-state index is 12.6. The standard InChI is InChI=1S/C20H25NO7/c1-11(7-8-18(23)24)26-20-16(22)9-17(12(2)27-20)28-19(25)14-10-21-15-6-4-3-5-13(14)15/h3-6,10-12,16-17,20-22H,7-9H2,1-2H3,(H,23,24)/t11-,12?,16-,17-,20-/m1/s1. The van der Waals surface area contributed by atoms with E-state index in [0.717, 1.165) is 10.9 Å². The first kappa shape index (κ1) is 20.3. The number of aromatic amines is 1. The fraction of sp³-hybridized carbons (Fsp3) is 0.500. The fourth-order valence-electron chi connectivity index (χ4n) is 3.26. The van der Waals surface area contributed by atoms with Gasteiger partial charge in [-0.3, -0.25) is 4.79 Å². The fourth-order valence-corrected chi connectivity index (χ4v) is 3.26. The third-order valence-electron chi connectivity index (χ3n) is 4.86. The number of rotatable bonds is 7. The van der Waals surface area contributed by atoms with Crippen molar-refractivity contribution < 1.29 is 34.0 Å². The molecule has 0 amide bonds. The Morgan fingerprint density at radius 3 is 2.86 bits per heavy atom. The number of ether oxygens (including phenoxy) is 3. The number of aliphatic hydroxyl groups excluding tert-OH is 1. The van der Waals surface area contributed by atoms with Crippen LogP contribution in [-0.2, 0) is 19.0 Å². The predicted molar refractivity (Wildman–Crippen MR) is 99.9 cm³/mol. The van der Waals surface area contributed by atoms with E-state index in [9.17, 15) is 14.7 Å². The smallest absolute Gasteiger partial charge is 0.340 e. The SMILES string of the molecule is CC1O[C@@H](O[C@H](C)CCC(=O)O)[C@H](O)C[C@H]1OC(=O)c1c[nH]c2ccccc12. The molecule has 152 valence electrons. The lowest BCUT2D eigenvalue weighted by Crippen LogP contribution is -2.49. The minimum absolute atomic E-state index is 0.0234. The molecule has 3 N–H and O–H groups in total. The zero-order chi connectivity index (χ0) is 20.3. The van der Waals surface area contributed by atoms with Crippen molar-refractivity contribution in [2.45, 2.75) is 63.8 Å². The molecule has 1 aliphatic heterocycles. The van der Waals surface area contributed by atoms with Crippen molar-refractivity contribution in [2.24, 2.45) is 0 Å². The first-order valence-electron chi connectivity index (χ1n) is 9.33. The number of nitrogens with one attached hydrogen (secondary N) is 1. The summed E-state index contributed by atoms with van der Waals surface area (Å²) in [6.07, 6.45) is -1.28. The lowest BCUT2D eigenvalue weighted by Gasteiger charge is -2.38. The monoisotopic (exact) mass is 391 g/mol. The number of H-pyrrole nitrogens is 1. The lowest BCUT2D eigenvalue weighted by molar-refractivity contribution is -0.273. The Hall–Kier alpha value is -2.42. The molecule has 1 unspecified atom stereocenters. The molecule has 0 aliphatic carbocycles. The molecule has 2 heterocycles. The number of aromatic nitrogens is 1. The first-order valence-corrected chi connectivity index (χ1v) is 9.33. The van der Waals surface area contributed by atoms with E-state index in [4.69, 9.17) is 19.3 Å². The summed E-state index contributed by atoms with van der Waals surface area (Å²) in [5.41, 5.74) is 1.27. The van der Waals surface area contributed by atoms with E-state index in [1.165, 1.54) is 0 Å². The number of carbonyl (C=O) groups is 2. The zero-order valence-electron chi connectivity index (χ0n) is 15.8. The largest absolute Gasteiger partial charge is 0.481 e. The molecule has 0 bridgehead atoms. The molecule has 2 aromatic rings. The molecule has 1 aromatic heterocycles. The average Bonchev–Trinajstić information content (AvgIpc) is 3.08. The van der Waals surface area contributed by atoms with Crippen LogP contribution in [0.1, 0.15) is 43.5 Å². The normalized spacial score (nSPS) is 26.1. The number of esters is 1. The topological polar surface area (TPSA) is 118 Å². The van der Waals surface area contributed by atoms with E-state index in [1.807, 2.05) is 24.3 Å². The van der Waals surface area contributed by atoms with Gasteiger partial charge >= 0.3 is 11.9 Å². The molecule has 1 aliphatic rings. The second kappa shape index (κ2) is 8.72. The maximum atomic E-state index is 12.6. The quantitative estimate of drug-likeness (QED) is 0.621. The highest BCUT2D eigenvalue weighted by Gasteiger charge is 2.38. The second-order valence-electron chi connectivity index (χ2n) is 7.08. The number of hydrogen-bond acceptors (Lipinski definition) is 6. The Morgan fingerprint density at radius 2 is 2.11 bits per heavy atom. The number of aliphatic hydroxyl groups is 1. The molecule has 1 aromatic carbocycles. The molecule has 0 saturated carbocycles. The van der Waals surface area contributed by atoms with Gasteiger partial charge in [0.15, 0.2) is 6.29 Å². The highest BCUT2D eigenvalue weighted by Crippen LogP contribution is 2.27. The number of carboxylic acids is 1. The Kier molecular flexibility index (Phi) is 6.33. The van der Waals surface area contributed by atoms with Crippen LogP contribution in [0.15, 0.2) is 30.5 Å². The van der Waals surface area contributed by atoms with Gasteiger partial charge in [0, 0.05) is 29.9 Å². The minimum atomic E-state index is -0.982. The summed E-state index contributed by atoms with van der Waals surface area (Å²) in [4.78, 5) is 26.3. The third-order valence-corrected chi connectivity index (χ3v) is 4.86. The summed E-state index contributed by atoms with van der Waals surface area (Å²) in [5, 5.41) is 19.8. The van der Waals surface area contributed by atoms with Crippen LogP contribution in [0.3, 0.4) is 0 Å². The van der Waals surface area contributed by atoms with Gasteiger partial charge < -0.3 is 29.4 Å². The molecular weight excluding hydrogens is 366 g/mol. The molecule has 0 radical (unpaired) electrons. The van der Waals surface area contributed by atoms with Gasteiger partial charge in [0.25, 0.3) is 0 Å². The Bertz CT molecular complexity index is 833. The van der Waals surface area contributed by atoms with Gasteiger partial charge in [0.1, 0.15) is 12.2 Å². The molecule has 1 saturated heterocycles. The van der Waals surface area contributed by atoms with Crippen LogP contribution in [0, 0.1) is 0 Å². The second-order valence-corrected chi connectivity index (χ2v) is 7.08. The van der Waals surface area contributed by atoms with Crippen molar-refractivity contribution in [1.29, 1.82) is 0 Å². The molecule has 8 heteroatoms. The van der Waals surface area contributed by atoms with Crippen LogP contribution < -0.4 is 0 Å². The van der Waals surface area contributed by atoms with Crippen molar-refractivity contribution in [2.75, 3.05) is 0 Å². The van der Waals surface area contributed by atoms with Crippen LogP contribution in [0.5, 0.6) is 0 Å². The highest BCUT2D eigenvalue weighted by molar-refractivity contribution is 6.04. The Morgan fingerprint density at radius 1 is 1.36 bits per heavy atom. The van der Waals surface area contributed by atoms with Crippen molar-refractivity contribution in [3.05, 3.63) is 36.0 Å². The van der Waals surface area contributed by atoms with Gasteiger partial charge in [-0.2, -0.15) is 0 Å². The van der Waals surface area contributed by atoms with E-state index in [-0.39, 0.29) is 18.9 Å². The minimum Gasteiger partial charge on any atom is -0.481 e. The van der Waals surface area contributed by atoms with Crippen molar-refractivity contribution in [3.63, 3.8) is 0 Å². The average molecular weight is 391 g/mol. The summed E-state index contributed by atoms with van der Waals surface area (Å²) in [5.74, 6) is -1.39. The van der Waals surface area contributed by atoms with Gasteiger partial charge in [-0.25, -0.2) is 4.79 Å². The van der Waals surface area contributed by atoms with Crippen LogP contribution in [0.25, 0.3) is 10.9 Å². The van der Waals surface area contributed by atoms with Crippen molar-refractivity contribution in [3.8, 4) is 0 Å². The molecule has 28 heavy (non-hydrogen) atoms. The Balaban J connectivity index is 1.58. The molecule has 3 rings (SSSR count). The molecule has 8 nitrogen and oxygen atoms in total. The van der Waals surface area contributed by atoms with Crippen LogP contribution >= 0.6 is 0 Å². The van der Waals surface area contributed by atoms with Gasteiger partial charge in [-0.05, 0) is 26.3 Å². The molecule has 0 spiro atoms. The summed E-state index contributed by atoms with van der Waals surface area (Å²) in [6, 6.07) is 7.42. The van der Waals surface area contributed by atoms with Crippen molar-refractivity contribution in [1.82, 2.24) is 4.98 Å². The van der Waals surface area contributed by atoms with Gasteiger partial charge in [-0.15, -0.1) is 0 Å². The van der Waals surface area contributed by atoms with Crippen LogP contribution in [0.4, 0.5) is 0 Å². The van der Waals surface area contributed by atoms with E-state index in [0.29, 0.717) is 12.0 Å². The predicted octanol–water partition coefficient (Wildman–Crippen LogP) is 2.46. The third kappa shape index (κ3) is 4.70. The highest BCUT2D eigenvalue weighted by atomic mass is 16.7. The first-order chi connectivity index (χ1) is 13.3. The molecule has 1 fully saturated rings. The van der Waals surface area contributed by atoms with Crippen molar-refractivity contribution >= 4 is 22.8 Å². The number of carboxylic acid groups (broad SMARTS) is 1. The number of para-hydroxylation sites is 1. The summed E-state index contributed by atoms with van der Waals surface area (Å²) >= 11 is 0. The van der Waals surface area contributed by atoms with E-state index >= 15 is 0 Å².